The van der Waals surface area contributed by atoms with Crippen LogP contribution in [-0.2, 0) is 9.59 Å². The molecule has 0 fully saturated rings. The van der Waals surface area contributed by atoms with Crippen molar-refractivity contribution >= 4 is 11.8 Å². The van der Waals surface area contributed by atoms with Crippen molar-refractivity contribution in [3.8, 4) is 0 Å². The quantitative estimate of drug-likeness (QED) is 0.384. The maximum absolute atomic E-state index is 11.6. The van der Waals surface area contributed by atoms with Gasteiger partial charge in [-0.1, -0.05) is 6.42 Å². The topological polar surface area (TPSA) is 96.2 Å². The Morgan fingerprint density at radius 3 is 2.44 bits per heavy atom. The second-order valence-corrected chi connectivity index (χ2v) is 3.52. The third-order valence-corrected chi connectivity index (χ3v) is 2.31. The molecule has 5 N–H and O–H groups in total. The molecule has 0 aromatic rings. The predicted octanol–water partition coefficient (Wildman–Crippen LogP) is -1.43. The first-order valence-electron chi connectivity index (χ1n) is 5.51. The summed E-state index contributed by atoms with van der Waals surface area (Å²) in [5, 5.41) is 7.92. The maximum Gasteiger partial charge on any atom is 0.239 e. The number of nitrogens with one attached hydrogen (secondary N) is 3. The molecule has 0 aliphatic carbocycles. The van der Waals surface area contributed by atoms with Crippen molar-refractivity contribution in [2.24, 2.45) is 5.73 Å². The molecule has 16 heavy (non-hydrogen) atoms. The molecule has 0 heterocycles. The minimum absolute atomic E-state index is 0.0183. The summed E-state index contributed by atoms with van der Waals surface area (Å²) in [6.45, 7) is 0.653. The van der Waals surface area contributed by atoms with Crippen molar-refractivity contribution in [2.75, 3.05) is 27.2 Å². The van der Waals surface area contributed by atoms with Crippen LogP contribution >= 0.6 is 0 Å². The molecule has 1 atom stereocenters. The first-order chi connectivity index (χ1) is 7.65. The summed E-state index contributed by atoms with van der Waals surface area (Å²) in [5.74, 6) is -0.353. The minimum atomic E-state index is -0.254. The summed E-state index contributed by atoms with van der Waals surface area (Å²) >= 11 is 0. The van der Waals surface area contributed by atoms with E-state index in [4.69, 9.17) is 5.73 Å². The largest absolute Gasteiger partial charge is 0.358 e. The molecular formula is C10H22N4O2. The fraction of sp³-hybridized carbons (Fsp3) is 0.800. The van der Waals surface area contributed by atoms with Gasteiger partial charge >= 0.3 is 0 Å². The molecule has 0 aliphatic heterocycles. The Balaban J connectivity index is 3.86. The van der Waals surface area contributed by atoms with Gasteiger partial charge in [0.1, 0.15) is 0 Å². The zero-order valence-corrected chi connectivity index (χ0v) is 10.0. The van der Waals surface area contributed by atoms with Gasteiger partial charge in [0.15, 0.2) is 0 Å². The fourth-order valence-electron chi connectivity index (χ4n) is 1.28. The lowest BCUT2D eigenvalue weighted by Crippen LogP contribution is -2.45. The maximum atomic E-state index is 11.6. The molecule has 2 amide bonds. The molecule has 0 aromatic carbocycles. The summed E-state index contributed by atoms with van der Waals surface area (Å²) < 4.78 is 0. The van der Waals surface area contributed by atoms with Crippen LogP contribution in [0.1, 0.15) is 19.3 Å². The van der Waals surface area contributed by atoms with Crippen molar-refractivity contribution in [1.29, 1.82) is 0 Å². The van der Waals surface area contributed by atoms with Gasteiger partial charge in [0.25, 0.3) is 0 Å². The Bertz CT molecular complexity index is 221. The van der Waals surface area contributed by atoms with E-state index < -0.39 is 0 Å². The Morgan fingerprint density at radius 1 is 1.25 bits per heavy atom. The van der Waals surface area contributed by atoms with Crippen LogP contribution in [0, 0.1) is 0 Å². The summed E-state index contributed by atoms with van der Waals surface area (Å²) in [6, 6.07) is -0.254. The number of carbonyl (C=O) groups is 2. The molecule has 0 rings (SSSR count). The lowest BCUT2D eigenvalue weighted by Gasteiger charge is -2.15. The van der Waals surface area contributed by atoms with Crippen molar-refractivity contribution in [2.45, 2.75) is 25.3 Å². The Morgan fingerprint density at radius 2 is 1.94 bits per heavy atom. The first kappa shape index (κ1) is 14.9. The van der Waals surface area contributed by atoms with E-state index in [1.165, 1.54) is 7.05 Å². The number of likely N-dealkylation sites (N-methyl/N-ethyl adjacent to an activating group) is 2. The van der Waals surface area contributed by atoms with Gasteiger partial charge in [0.2, 0.25) is 11.8 Å². The summed E-state index contributed by atoms with van der Waals surface area (Å²) in [5.41, 5.74) is 5.37. The van der Waals surface area contributed by atoms with Crippen LogP contribution in [0.3, 0.4) is 0 Å². The van der Waals surface area contributed by atoms with Gasteiger partial charge in [-0.2, -0.15) is 0 Å². The molecule has 0 aromatic heterocycles. The average Bonchev–Trinajstić information content (AvgIpc) is 2.31. The van der Waals surface area contributed by atoms with E-state index in [1.807, 2.05) is 0 Å². The van der Waals surface area contributed by atoms with E-state index >= 15 is 0 Å². The monoisotopic (exact) mass is 230 g/mol. The van der Waals surface area contributed by atoms with E-state index in [2.05, 4.69) is 16.0 Å². The lowest BCUT2D eigenvalue weighted by molar-refractivity contribution is -0.127. The van der Waals surface area contributed by atoms with Crippen molar-refractivity contribution in [3.05, 3.63) is 0 Å². The number of amides is 2. The van der Waals surface area contributed by atoms with Gasteiger partial charge in [0.05, 0.1) is 12.6 Å². The van der Waals surface area contributed by atoms with Gasteiger partial charge in [0, 0.05) is 7.05 Å². The van der Waals surface area contributed by atoms with Crippen LogP contribution in [0.2, 0.25) is 0 Å². The number of carbonyl (C=O) groups excluding carboxylic acids is 2. The van der Waals surface area contributed by atoms with Gasteiger partial charge in [-0.25, -0.2) is 0 Å². The standard InChI is InChI=1S/C10H22N4O2/c1-12-8(5-3-4-6-11)10(16)14-7-9(15)13-2/h8,12H,3-7,11H2,1-2H3,(H,13,15)(H,14,16). The predicted molar refractivity (Wildman–Crippen MR) is 62.8 cm³/mol. The minimum Gasteiger partial charge on any atom is -0.358 e. The highest BCUT2D eigenvalue weighted by Gasteiger charge is 2.15. The molecule has 0 radical (unpaired) electrons. The van der Waals surface area contributed by atoms with Crippen LogP contribution in [-0.4, -0.2) is 45.0 Å². The molecule has 0 spiro atoms. The third kappa shape index (κ3) is 6.36. The smallest absolute Gasteiger partial charge is 0.239 e. The van der Waals surface area contributed by atoms with Gasteiger partial charge in [-0.05, 0) is 26.4 Å². The zero-order valence-electron chi connectivity index (χ0n) is 10.0. The molecule has 94 valence electrons. The van der Waals surface area contributed by atoms with E-state index in [-0.39, 0.29) is 24.4 Å². The second-order valence-electron chi connectivity index (χ2n) is 3.52. The molecule has 0 saturated carbocycles. The van der Waals surface area contributed by atoms with Gasteiger partial charge in [-0.3, -0.25) is 9.59 Å². The molecule has 6 nitrogen and oxygen atoms in total. The summed E-state index contributed by atoms with van der Waals surface area (Å²) in [4.78, 5) is 22.5. The summed E-state index contributed by atoms with van der Waals surface area (Å²) in [7, 11) is 3.26. The zero-order chi connectivity index (χ0) is 12.4. The Labute approximate surface area is 96.3 Å². The first-order valence-corrected chi connectivity index (χ1v) is 5.51. The molecule has 6 heteroatoms. The highest BCUT2D eigenvalue weighted by Crippen LogP contribution is 1.99. The van der Waals surface area contributed by atoms with Gasteiger partial charge in [-0.15, -0.1) is 0 Å². The highest BCUT2D eigenvalue weighted by molar-refractivity contribution is 5.87. The molecular weight excluding hydrogens is 208 g/mol. The van der Waals surface area contributed by atoms with Crippen molar-refractivity contribution < 1.29 is 9.59 Å². The highest BCUT2D eigenvalue weighted by atomic mass is 16.2. The average molecular weight is 230 g/mol. The van der Waals surface area contributed by atoms with Crippen LogP contribution < -0.4 is 21.7 Å². The number of unbranched alkanes of at least 4 members (excludes halogenated alkanes) is 1. The normalized spacial score (nSPS) is 11.9. The molecule has 0 aliphatic rings. The van der Waals surface area contributed by atoms with Crippen molar-refractivity contribution in [3.63, 3.8) is 0 Å². The van der Waals surface area contributed by atoms with E-state index in [0.29, 0.717) is 6.54 Å². The van der Waals surface area contributed by atoms with Crippen LogP contribution in [0.4, 0.5) is 0 Å². The van der Waals surface area contributed by atoms with Crippen LogP contribution in [0.15, 0.2) is 0 Å². The SMILES string of the molecule is CNC(=O)CNC(=O)C(CCCCN)NC. The second kappa shape index (κ2) is 9.11. The van der Waals surface area contributed by atoms with Crippen LogP contribution in [0.25, 0.3) is 0 Å². The number of rotatable bonds is 8. The number of nitrogens with two attached hydrogens (primary N) is 1. The number of hydrogen-bond acceptors (Lipinski definition) is 4. The van der Waals surface area contributed by atoms with Crippen LogP contribution in [0.5, 0.6) is 0 Å². The molecule has 1 unspecified atom stereocenters. The third-order valence-electron chi connectivity index (χ3n) is 2.31. The lowest BCUT2D eigenvalue weighted by atomic mass is 10.1. The van der Waals surface area contributed by atoms with E-state index in [0.717, 1.165) is 19.3 Å². The van der Waals surface area contributed by atoms with E-state index in [9.17, 15) is 9.59 Å². The van der Waals surface area contributed by atoms with E-state index in [1.54, 1.807) is 7.05 Å². The summed E-state index contributed by atoms with van der Waals surface area (Å²) in [6.07, 6.45) is 2.53. The van der Waals surface area contributed by atoms with Gasteiger partial charge < -0.3 is 21.7 Å². The number of hydrogen-bond donors (Lipinski definition) is 4. The Hall–Kier alpha value is -1.14. The Kier molecular flexibility index (Phi) is 8.46. The molecule has 0 saturated heterocycles. The van der Waals surface area contributed by atoms with Crippen molar-refractivity contribution in [1.82, 2.24) is 16.0 Å². The molecule has 0 bridgehead atoms. The fourth-order valence-corrected chi connectivity index (χ4v) is 1.28.